The van der Waals surface area contributed by atoms with Gasteiger partial charge >= 0.3 is 5.97 Å². The molecule has 2 aromatic carbocycles. The SMILES string of the molecule is COc1ccc(COC(=O)C2=C3[C@@H]4C=C[C@@H](O4)[C@@H]3S[C@@H]3[C@H](NC(=O)Cc4ccccc4)C(=O)N23)cc1. The molecule has 8 nitrogen and oxygen atoms in total. The summed E-state index contributed by atoms with van der Waals surface area (Å²) in [6.45, 7) is 0.0617. The number of carbonyl (C=O) groups excluding carboxylic acids is 3. The number of nitrogens with one attached hydrogen (secondary N) is 1. The fourth-order valence-corrected chi connectivity index (χ4v) is 6.68. The molecule has 0 unspecified atom stereocenters. The molecule has 184 valence electrons. The number of thioether (sulfide) groups is 1. The van der Waals surface area contributed by atoms with Gasteiger partial charge in [0.2, 0.25) is 5.91 Å². The van der Waals surface area contributed by atoms with E-state index in [4.69, 9.17) is 14.2 Å². The van der Waals surface area contributed by atoms with Crippen molar-refractivity contribution in [2.24, 2.45) is 0 Å². The van der Waals surface area contributed by atoms with Gasteiger partial charge in [-0.1, -0.05) is 54.6 Å². The maximum Gasteiger partial charge on any atom is 0.355 e. The van der Waals surface area contributed by atoms with E-state index in [0.29, 0.717) is 5.75 Å². The second-order valence-corrected chi connectivity index (χ2v) is 10.3. The molecule has 2 saturated heterocycles. The molecule has 9 heteroatoms. The van der Waals surface area contributed by atoms with Gasteiger partial charge in [0.1, 0.15) is 35.6 Å². The van der Waals surface area contributed by atoms with Gasteiger partial charge in [-0.25, -0.2) is 4.79 Å². The summed E-state index contributed by atoms with van der Waals surface area (Å²) in [5.41, 5.74) is 2.68. The van der Waals surface area contributed by atoms with Crippen LogP contribution in [0.15, 0.2) is 78.0 Å². The number of amides is 2. The first-order valence-corrected chi connectivity index (χ1v) is 12.7. The summed E-state index contributed by atoms with van der Waals surface area (Å²) in [7, 11) is 1.59. The molecule has 4 aliphatic heterocycles. The molecule has 0 saturated carbocycles. The second-order valence-electron chi connectivity index (χ2n) is 9.00. The van der Waals surface area contributed by atoms with Gasteiger partial charge in [-0.05, 0) is 23.3 Å². The van der Waals surface area contributed by atoms with Crippen LogP contribution in [0.1, 0.15) is 11.1 Å². The summed E-state index contributed by atoms with van der Waals surface area (Å²) in [5.74, 6) is -0.407. The highest BCUT2D eigenvalue weighted by Crippen LogP contribution is 2.52. The molecule has 0 aliphatic carbocycles. The van der Waals surface area contributed by atoms with E-state index in [1.54, 1.807) is 31.0 Å². The molecule has 6 rings (SSSR count). The molecule has 2 bridgehead atoms. The third kappa shape index (κ3) is 3.88. The van der Waals surface area contributed by atoms with Crippen LogP contribution in [0.3, 0.4) is 0 Å². The predicted octanol–water partition coefficient (Wildman–Crippen LogP) is 2.34. The van der Waals surface area contributed by atoms with Crippen LogP contribution in [0.25, 0.3) is 0 Å². The number of methoxy groups -OCH3 is 1. The van der Waals surface area contributed by atoms with E-state index in [2.05, 4.69) is 5.32 Å². The van der Waals surface area contributed by atoms with Gasteiger partial charge in [-0.3, -0.25) is 14.5 Å². The van der Waals surface area contributed by atoms with Crippen LogP contribution in [-0.4, -0.2) is 58.7 Å². The van der Waals surface area contributed by atoms with Crippen molar-refractivity contribution in [2.45, 2.75) is 41.9 Å². The van der Waals surface area contributed by atoms with Gasteiger partial charge < -0.3 is 19.5 Å². The number of hydrogen-bond acceptors (Lipinski definition) is 7. The maximum absolute atomic E-state index is 13.3. The molecular formula is C27H24N2O6S. The summed E-state index contributed by atoms with van der Waals surface area (Å²) >= 11 is 1.55. The topological polar surface area (TPSA) is 94.2 Å². The fraction of sp³-hybridized carbons (Fsp3) is 0.296. The summed E-state index contributed by atoms with van der Waals surface area (Å²) in [5, 5.41) is 2.37. The van der Waals surface area contributed by atoms with E-state index in [1.807, 2.05) is 54.6 Å². The molecule has 36 heavy (non-hydrogen) atoms. The van der Waals surface area contributed by atoms with Gasteiger partial charge in [0, 0.05) is 5.57 Å². The standard InChI is InChI=1S/C27H24N2O6S/c1-33-17-9-7-16(8-10-17)14-34-27(32)23-21-18-11-12-19(35-18)24(21)36-26-22(25(31)29(23)26)28-20(30)13-15-5-3-2-4-6-15/h2-12,18-19,22,24,26H,13-14H2,1H3,(H,28,30)/t18-,19+,22+,24-,26+/m0/s1. The average molecular weight is 505 g/mol. The van der Waals surface area contributed by atoms with Crippen molar-refractivity contribution in [2.75, 3.05) is 7.11 Å². The van der Waals surface area contributed by atoms with Gasteiger partial charge in [0.15, 0.2) is 0 Å². The van der Waals surface area contributed by atoms with Crippen molar-refractivity contribution in [3.05, 3.63) is 89.1 Å². The van der Waals surface area contributed by atoms with Crippen LogP contribution in [-0.2, 0) is 36.9 Å². The van der Waals surface area contributed by atoms with Crippen LogP contribution >= 0.6 is 11.8 Å². The second kappa shape index (κ2) is 9.15. The van der Waals surface area contributed by atoms with Crippen molar-refractivity contribution >= 4 is 29.5 Å². The molecule has 2 fully saturated rings. The highest BCUT2D eigenvalue weighted by atomic mass is 32.2. The number of β-lactam (4-membered cyclic amide) rings is 1. The lowest BCUT2D eigenvalue weighted by atomic mass is 9.94. The monoisotopic (exact) mass is 504 g/mol. The number of ether oxygens (including phenoxy) is 3. The minimum atomic E-state index is -0.708. The molecule has 4 aliphatic rings. The highest BCUT2D eigenvalue weighted by Gasteiger charge is 2.60. The van der Waals surface area contributed by atoms with Crippen molar-refractivity contribution in [3.63, 3.8) is 0 Å². The number of hydrogen-bond donors (Lipinski definition) is 1. The number of esters is 1. The summed E-state index contributed by atoms with van der Waals surface area (Å²) in [6.07, 6.45) is 3.57. The Bertz CT molecular complexity index is 1270. The number of rotatable bonds is 7. The minimum absolute atomic E-state index is 0.0617. The smallest absolute Gasteiger partial charge is 0.355 e. The van der Waals surface area contributed by atoms with Crippen LogP contribution in [0.4, 0.5) is 0 Å². The predicted molar refractivity (Wildman–Crippen MR) is 132 cm³/mol. The first-order chi connectivity index (χ1) is 17.5. The Morgan fingerprint density at radius 3 is 2.58 bits per heavy atom. The van der Waals surface area contributed by atoms with Gasteiger partial charge in [-0.15, -0.1) is 11.8 Å². The molecule has 2 aromatic rings. The van der Waals surface area contributed by atoms with Gasteiger partial charge in [0.05, 0.1) is 24.9 Å². The first kappa shape index (κ1) is 22.9. The zero-order valence-electron chi connectivity index (χ0n) is 19.5. The van der Waals surface area contributed by atoms with Crippen LogP contribution in [0, 0.1) is 0 Å². The third-order valence-electron chi connectivity index (χ3n) is 6.78. The van der Waals surface area contributed by atoms with E-state index in [9.17, 15) is 14.4 Å². The Labute approximate surface area is 212 Å². The van der Waals surface area contributed by atoms with E-state index in [0.717, 1.165) is 16.7 Å². The minimum Gasteiger partial charge on any atom is -0.497 e. The normalized spacial score (nSPS) is 27.3. The summed E-state index contributed by atoms with van der Waals surface area (Å²) in [4.78, 5) is 40.7. The molecule has 0 aromatic heterocycles. The van der Waals surface area contributed by atoms with Crippen molar-refractivity contribution in [1.29, 1.82) is 0 Å². The number of carbonyl (C=O) groups is 3. The third-order valence-corrected chi connectivity index (χ3v) is 8.36. The van der Waals surface area contributed by atoms with E-state index < -0.39 is 17.4 Å². The lowest BCUT2D eigenvalue weighted by Crippen LogP contribution is -2.71. The number of nitrogens with zero attached hydrogens (tertiary/aromatic N) is 1. The first-order valence-electron chi connectivity index (χ1n) is 11.7. The Morgan fingerprint density at radius 1 is 1.06 bits per heavy atom. The zero-order chi connectivity index (χ0) is 24.8. The van der Waals surface area contributed by atoms with Gasteiger partial charge in [0.25, 0.3) is 5.91 Å². The molecule has 0 spiro atoms. The largest absolute Gasteiger partial charge is 0.497 e. The van der Waals surface area contributed by atoms with Crippen LogP contribution in [0.2, 0.25) is 0 Å². The maximum atomic E-state index is 13.3. The Kier molecular flexibility index (Phi) is 5.81. The number of fused-ring (bicyclic) bond motifs is 6. The van der Waals surface area contributed by atoms with Crippen molar-refractivity contribution in [1.82, 2.24) is 10.2 Å². The van der Waals surface area contributed by atoms with Gasteiger partial charge in [-0.2, -0.15) is 0 Å². The molecule has 5 atom stereocenters. The average Bonchev–Trinajstić information content (AvgIpc) is 3.53. The zero-order valence-corrected chi connectivity index (χ0v) is 20.3. The summed E-state index contributed by atoms with van der Waals surface area (Å²) < 4.78 is 16.8. The Morgan fingerprint density at radius 2 is 1.83 bits per heavy atom. The highest BCUT2D eigenvalue weighted by molar-refractivity contribution is 8.01. The molecule has 2 amide bonds. The molecule has 1 N–H and O–H groups in total. The Balaban J connectivity index is 1.20. The molecule has 4 heterocycles. The van der Waals surface area contributed by atoms with E-state index in [1.165, 1.54) is 4.90 Å². The molecular weight excluding hydrogens is 480 g/mol. The van der Waals surface area contributed by atoms with E-state index >= 15 is 0 Å². The quantitative estimate of drug-likeness (QED) is 0.351. The fourth-order valence-electron chi connectivity index (χ4n) is 5.00. The van der Waals surface area contributed by atoms with E-state index in [-0.39, 0.29) is 48.0 Å². The summed E-state index contributed by atoms with van der Waals surface area (Å²) in [6, 6.07) is 15.9. The number of benzene rings is 2. The lowest BCUT2D eigenvalue weighted by Gasteiger charge is -2.51. The van der Waals surface area contributed by atoms with Crippen LogP contribution in [0.5, 0.6) is 5.75 Å². The van der Waals surface area contributed by atoms with Crippen LogP contribution < -0.4 is 10.1 Å². The lowest BCUT2D eigenvalue weighted by molar-refractivity contribution is -0.153. The van der Waals surface area contributed by atoms with Crippen molar-refractivity contribution < 1.29 is 28.6 Å². The van der Waals surface area contributed by atoms with Crippen molar-refractivity contribution in [3.8, 4) is 5.75 Å². The Hall–Kier alpha value is -3.56. The molecule has 0 radical (unpaired) electrons.